The number of rotatable bonds is 3. The first kappa shape index (κ1) is 18.6. The van der Waals surface area contributed by atoms with Crippen molar-refractivity contribution >= 4 is 5.91 Å². The monoisotopic (exact) mass is 353 g/mol. The molecule has 3 unspecified atom stereocenters. The molecule has 3 atom stereocenters. The van der Waals surface area contributed by atoms with E-state index in [9.17, 15) is 31.1 Å². The first-order valence-corrected chi connectivity index (χ1v) is 7.46. The summed E-state index contributed by atoms with van der Waals surface area (Å²) in [4.78, 5) is 12.3. The highest BCUT2D eigenvalue weighted by Crippen LogP contribution is 2.41. The van der Waals surface area contributed by atoms with Gasteiger partial charge in [0.05, 0.1) is 18.4 Å². The minimum absolute atomic E-state index is 0.143. The summed E-state index contributed by atoms with van der Waals surface area (Å²) >= 11 is 0. The van der Waals surface area contributed by atoms with Crippen LogP contribution >= 0.6 is 0 Å². The first-order chi connectivity index (χ1) is 11.0. The third-order valence-corrected chi connectivity index (χ3v) is 4.30. The van der Waals surface area contributed by atoms with Crippen LogP contribution in [-0.4, -0.2) is 42.2 Å². The molecule has 0 saturated carbocycles. The molecule has 1 aromatic carbocycles. The molecule has 1 aliphatic heterocycles. The lowest BCUT2D eigenvalue weighted by atomic mass is 9.86. The smallest absolute Gasteiger partial charge is 0.334 e. The van der Waals surface area contributed by atoms with Crippen molar-refractivity contribution in [1.82, 2.24) is 4.90 Å². The molecular formula is C16H17F6NO. The van der Waals surface area contributed by atoms with Gasteiger partial charge in [-0.05, 0) is 12.0 Å². The van der Waals surface area contributed by atoms with E-state index in [-0.39, 0.29) is 13.0 Å². The number of carbonyl (C=O) groups is 1. The Morgan fingerprint density at radius 1 is 1.25 bits per heavy atom. The molecule has 2 nitrogen and oxygen atoms in total. The van der Waals surface area contributed by atoms with Gasteiger partial charge in [-0.3, -0.25) is 4.79 Å². The molecule has 0 aliphatic carbocycles. The fraction of sp³-hybridized carbons (Fsp3) is 0.562. The van der Waals surface area contributed by atoms with E-state index in [1.54, 1.807) is 18.2 Å². The Labute approximate surface area is 135 Å². The van der Waals surface area contributed by atoms with Gasteiger partial charge in [0.2, 0.25) is 0 Å². The maximum atomic E-state index is 14.3. The minimum atomic E-state index is -4.90. The zero-order chi connectivity index (χ0) is 18.1. The van der Waals surface area contributed by atoms with Crippen LogP contribution in [0.3, 0.4) is 0 Å². The van der Waals surface area contributed by atoms with E-state index in [1.165, 1.54) is 12.1 Å². The molecule has 1 amide bonds. The minimum Gasteiger partial charge on any atom is -0.334 e. The maximum Gasteiger partial charge on any atom is 0.394 e. The zero-order valence-electron chi connectivity index (χ0n) is 12.9. The van der Waals surface area contributed by atoms with Gasteiger partial charge in [-0.2, -0.15) is 13.2 Å². The normalized spacial score (nSPS) is 23.6. The van der Waals surface area contributed by atoms with Crippen molar-refractivity contribution < 1.29 is 31.1 Å². The first-order valence-electron chi connectivity index (χ1n) is 7.46. The lowest BCUT2D eigenvalue weighted by Crippen LogP contribution is -2.53. The van der Waals surface area contributed by atoms with Crippen LogP contribution in [0.25, 0.3) is 0 Å². The van der Waals surface area contributed by atoms with Crippen LogP contribution in [0, 0.1) is 5.92 Å². The number of likely N-dealkylation sites (tertiary alicyclic amines) is 1. The van der Waals surface area contributed by atoms with Crippen molar-refractivity contribution in [3.63, 3.8) is 0 Å². The molecule has 0 bridgehead atoms. The molecule has 1 aliphatic rings. The second-order valence-electron chi connectivity index (χ2n) is 6.00. The fourth-order valence-electron chi connectivity index (χ4n) is 2.78. The topological polar surface area (TPSA) is 20.3 Å². The molecule has 0 aromatic heterocycles. The summed E-state index contributed by atoms with van der Waals surface area (Å²) in [5, 5.41) is 0. The van der Waals surface area contributed by atoms with E-state index in [0.29, 0.717) is 17.4 Å². The number of hydrogen-bond donors (Lipinski definition) is 0. The molecule has 8 heteroatoms. The highest BCUT2D eigenvalue weighted by atomic mass is 19.4. The van der Waals surface area contributed by atoms with Gasteiger partial charge in [0.1, 0.15) is 0 Å². The van der Waals surface area contributed by atoms with E-state index in [0.717, 1.165) is 0 Å². The van der Waals surface area contributed by atoms with Gasteiger partial charge in [0.25, 0.3) is 11.8 Å². The Morgan fingerprint density at radius 3 is 2.33 bits per heavy atom. The highest BCUT2D eigenvalue weighted by Gasteiger charge is 2.50. The number of benzene rings is 1. The number of carbonyl (C=O) groups excluding carboxylic acids is 1. The molecule has 1 heterocycles. The summed E-state index contributed by atoms with van der Waals surface area (Å²) in [5.74, 6) is -8.56. The van der Waals surface area contributed by atoms with Crippen molar-refractivity contribution in [3.8, 4) is 0 Å². The van der Waals surface area contributed by atoms with Crippen LogP contribution in [0.15, 0.2) is 30.3 Å². The Balaban J connectivity index is 2.10. The average molecular weight is 353 g/mol. The largest absolute Gasteiger partial charge is 0.394 e. The lowest BCUT2D eigenvalue weighted by Gasteiger charge is -2.39. The second kappa shape index (κ2) is 6.64. The van der Waals surface area contributed by atoms with Crippen molar-refractivity contribution in [3.05, 3.63) is 35.9 Å². The van der Waals surface area contributed by atoms with Gasteiger partial charge in [-0.25, -0.2) is 13.2 Å². The molecule has 1 saturated heterocycles. The standard InChI is InChI=1S/C16H17F6NO/c1-10(16(20,21)22)13(17)14(24)23-8-7-12(15(18,19)9-23)11-5-3-2-4-6-11/h2-6,10,12-13H,7-9H2,1H3. The van der Waals surface area contributed by atoms with Gasteiger partial charge < -0.3 is 4.90 Å². The van der Waals surface area contributed by atoms with Crippen molar-refractivity contribution in [2.24, 2.45) is 5.92 Å². The fourth-order valence-corrected chi connectivity index (χ4v) is 2.78. The number of nitrogens with zero attached hydrogens (tertiary/aromatic N) is 1. The summed E-state index contributed by atoms with van der Waals surface area (Å²) in [7, 11) is 0. The number of halogens is 6. The molecule has 24 heavy (non-hydrogen) atoms. The quantitative estimate of drug-likeness (QED) is 0.747. The molecule has 2 rings (SSSR count). The van der Waals surface area contributed by atoms with Crippen LogP contribution in [0.4, 0.5) is 26.3 Å². The van der Waals surface area contributed by atoms with Crippen LogP contribution in [0.2, 0.25) is 0 Å². The average Bonchev–Trinajstić information content (AvgIpc) is 2.51. The summed E-state index contributed by atoms with van der Waals surface area (Å²) in [6.45, 7) is -0.771. The molecule has 1 fully saturated rings. The van der Waals surface area contributed by atoms with Gasteiger partial charge in [-0.15, -0.1) is 0 Å². The molecule has 0 spiro atoms. The van der Waals surface area contributed by atoms with E-state index in [2.05, 4.69) is 0 Å². The van der Waals surface area contributed by atoms with Crippen LogP contribution < -0.4 is 0 Å². The van der Waals surface area contributed by atoms with Gasteiger partial charge in [0, 0.05) is 6.54 Å². The third-order valence-electron chi connectivity index (χ3n) is 4.30. The summed E-state index contributed by atoms with van der Waals surface area (Å²) < 4.78 is 79.9. The van der Waals surface area contributed by atoms with E-state index in [4.69, 9.17) is 0 Å². The molecule has 1 aromatic rings. The van der Waals surface area contributed by atoms with Crippen LogP contribution in [0.1, 0.15) is 24.8 Å². The number of piperidine rings is 1. The summed E-state index contributed by atoms with van der Waals surface area (Å²) in [5.41, 5.74) is 0.384. The number of alkyl halides is 6. The zero-order valence-corrected chi connectivity index (χ0v) is 12.9. The van der Waals surface area contributed by atoms with Crippen molar-refractivity contribution in [2.45, 2.75) is 37.5 Å². The Hall–Kier alpha value is -1.73. The van der Waals surface area contributed by atoms with Crippen molar-refractivity contribution in [2.75, 3.05) is 13.1 Å². The Kier molecular flexibility index (Phi) is 5.15. The predicted molar refractivity (Wildman–Crippen MR) is 75.4 cm³/mol. The van der Waals surface area contributed by atoms with E-state index < -0.39 is 42.6 Å². The third kappa shape index (κ3) is 3.84. The van der Waals surface area contributed by atoms with Gasteiger partial charge in [0.15, 0.2) is 6.17 Å². The van der Waals surface area contributed by atoms with E-state index >= 15 is 0 Å². The number of hydrogen-bond acceptors (Lipinski definition) is 1. The van der Waals surface area contributed by atoms with Gasteiger partial charge in [-0.1, -0.05) is 37.3 Å². The van der Waals surface area contributed by atoms with E-state index in [1.807, 2.05) is 0 Å². The summed E-state index contributed by atoms with van der Waals surface area (Å²) in [6, 6.07) is 7.93. The predicted octanol–water partition coefficient (Wildman–Crippen LogP) is 4.17. The molecular weight excluding hydrogens is 336 g/mol. The molecule has 134 valence electrons. The summed E-state index contributed by atoms with van der Waals surface area (Å²) in [6.07, 6.45) is -7.93. The maximum absolute atomic E-state index is 14.3. The van der Waals surface area contributed by atoms with Gasteiger partial charge >= 0.3 is 6.18 Å². The van der Waals surface area contributed by atoms with Crippen LogP contribution in [-0.2, 0) is 4.79 Å². The number of amides is 1. The van der Waals surface area contributed by atoms with Crippen molar-refractivity contribution in [1.29, 1.82) is 0 Å². The lowest BCUT2D eigenvalue weighted by molar-refractivity contribution is -0.193. The SMILES string of the molecule is CC(C(F)C(=O)N1CCC(c2ccccc2)C(F)(F)C1)C(F)(F)F. The molecule has 0 radical (unpaired) electrons. The Morgan fingerprint density at radius 2 is 1.83 bits per heavy atom. The highest BCUT2D eigenvalue weighted by molar-refractivity contribution is 5.81. The second-order valence-corrected chi connectivity index (χ2v) is 6.00. The Bertz CT molecular complexity index is 574. The van der Waals surface area contributed by atoms with Crippen LogP contribution in [0.5, 0.6) is 0 Å². The molecule has 0 N–H and O–H groups in total.